The summed E-state index contributed by atoms with van der Waals surface area (Å²) in [5.41, 5.74) is 1.79. The number of ether oxygens (including phenoxy) is 1. The lowest BCUT2D eigenvalue weighted by molar-refractivity contribution is 0.204. The van der Waals surface area contributed by atoms with Gasteiger partial charge < -0.3 is 9.84 Å². The Labute approximate surface area is 122 Å². The molecule has 106 valence electrons. The monoisotopic (exact) mass is 292 g/mol. The summed E-state index contributed by atoms with van der Waals surface area (Å²) in [5, 5.41) is 10.0. The average molecular weight is 292 g/mol. The summed E-state index contributed by atoms with van der Waals surface area (Å²) in [7, 11) is 1.45. The third-order valence-electron chi connectivity index (χ3n) is 2.95. The molecule has 0 saturated carbocycles. The summed E-state index contributed by atoms with van der Waals surface area (Å²) < 4.78 is 18.4. The maximum Gasteiger partial charge on any atom is 0.165 e. The molecule has 0 aliphatic heterocycles. The summed E-state index contributed by atoms with van der Waals surface area (Å²) in [4.78, 5) is 0. The summed E-state index contributed by atoms with van der Waals surface area (Å²) in [5.74, 6) is 1.14. The minimum Gasteiger partial charge on any atom is -0.494 e. The molecular formula is C16H17FO2S. The lowest BCUT2D eigenvalue weighted by Gasteiger charge is -2.10. The molecule has 1 atom stereocenters. The molecule has 1 N–H and O–H groups in total. The summed E-state index contributed by atoms with van der Waals surface area (Å²) in [6.45, 7) is 0. The molecule has 0 heterocycles. The zero-order valence-electron chi connectivity index (χ0n) is 11.3. The molecule has 20 heavy (non-hydrogen) atoms. The molecular weight excluding hydrogens is 275 g/mol. The van der Waals surface area contributed by atoms with Crippen LogP contribution in [0.4, 0.5) is 4.39 Å². The van der Waals surface area contributed by atoms with Crippen molar-refractivity contribution in [2.75, 3.05) is 12.9 Å². The number of halogens is 1. The number of benzene rings is 2. The van der Waals surface area contributed by atoms with E-state index < -0.39 is 6.10 Å². The number of thioether (sulfide) groups is 1. The molecule has 1 unspecified atom stereocenters. The van der Waals surface area contributed by atoms with Gasteiger partial charge in [0.2, 0.25) is 0 Å². The Morgan fingerprint density at radius 3 is 2.60 bits per heavy atom. The Morgan fingerprint density at radius 1 is 1.20 bits per heavy atom. The second-order valence-corrected chi connectivity index (χ2v) is 5.44. The van der Waals surface area contributed by atoms with E-state index >= 15 is 0 Å². The molecule has 0 radical (unpaired) electrons. The summed E-state index contributed by atoms with van der Waals surface area (Å²) in [6, 6.07) is 14.5. The van der Waals surface area contributed by atoms with Crippen molar-refractivity contribution >= 4 is 11.8 Å². The van der Waals surface area contributed by atoms with Gasteiger partial charge in [0.1, 0.15) is 0 Å². The fourth-order valence-corrected chi connectivity index (χ4v) is 2.81. The van der Waals surface area contributed by atoms with Crippen molar-refractivity contribution in [3.05, 3.63) is 65.5 Å². The van der Waals surface area contributed by atoms with Crippen molar-refractivity contribution in [3.63, 3.8) is 0 Å². The van der Waals surface area contributed by atoms with Gasteiger partial charge in [-0.2, -0.15) is 11.8 Å². The SMILES string of the molecule is COc1ccc(CSCC(O)c2ccccc2)cc1F. The quantitative estimate of drug-likeness (QED) is 0.878. The Morgan fingerprint density at radius 2 is 1.95 bits per heavy atom. The molecule has 2 rings (SSSR count). The van der Waals surface area contributed by atoms with Gasteiger partial charge in [-0.25, -0.2) is 4.39 Å². The Bertz CT molecular complexity index is 545. The molecule has 0 fully saturated rings. The summed E-state index contributed by atoms with van der Waals surface area (Å²) in [6.07, 6.45) is -0.496. The number of hydrogen-bond donors (Lipinski definition) is 1. The van der Waals surface area contributed by atoms with E-state index in [0.717, 1.165) is 11.1 Å². The van der Waals surface area contributed by atoms with Gasteiger partial charge in [-0.3, -0.25) is 0 Å². The smallest absolute Gasteiger partial charge is 0.165 e. The van der Waals surface area contributed by atoms with Crippen LogP contribution in [0.1, 0.15) is 17.2 Å². The van der Waals surface area contributed by atoms with Crippen molar-refractivity contribution in [1.29, 1.82) is 0 Å². The molecule has 0 aliphatic carbocycles. The van der Waals surface area contributed by atoms with Crippen molar-refractivity contribution in [2.45, 2.75) is 11.9 Å². The van der Waals surface area contributed by atoms with Crippen LogP contribution < -0.4 is 4.74 Å². The van der Waals surface area contributed by atoms with Crippen molar-refractivity contribution in [2.24, 2.45) is 0 Å². The van der Waals surface area contributed by atoms with E-state index in [0.29, 0.717) is 11.5 Å². The highest BCUT2D eigenvalue weighted by molar-refractivity contribution is 7.98. The molecule has 0 aliphatic rings. The normalized spacial score (nSPS) is 12.2. The van der Waals surface area contributed by atoms with E-state index in [-0.39, 0.29) is 11.6 Å². The van der Waals surface area contributed by atoms with Gasteiger partial charge in [-0.05, 0) is 23.3 Å². The third kappa shape index (κ3) is 3.99. The van der Waals surface area contributed by atoms with Gasteiger partial charge in [-0.1, -0.05) is 36.4 Å². The van der Waals surface area contributed by atoms with E-state index in [4.69, 9.17) is 4.74 Å². The Kier molecular flexibility index (Phi) is 5.44. The van der Waals surface area contributed by atoms with Crippen LogP contribution in [0.3, 0.4) is 0 Å². The first-order chi connectivity index (χ1) is 9.70. The predicted octanol–water partition coefficient (Wildman–Crippen LogP) is 3.80. The highest BCUT2D eigenvalue weighted by Gasteiger charge is 2.08. The lowest BCUT2D eigenvalue weighted by Crippen LogP contribution is -2.00. The van der Waals surface area contributed by atoms with Gasteiger partial charge in [-0.15, -0.1) is 0 Å². The van der Waals surface area contributed by atoms with Crippen LogP contribution in [0.5, 0.6) is 5.75 Å². The minimum absolute atomic E-state index is 0.253. The highest BCUT2D eigenvalue weighted by Crippen LogP contribution is 2.23. The first-order valence-corrected chi connectivity index (χ1v) is 7.49. The fraction of sp³-hybridized carbons (Fsp3) is 0.250. The molecule has 4 heteroatoms. The molecule has 0 saturated heterocycles. The van der Waals surface area contributed by atoms with Gasteiger partial charge >= 0.3 is 0 Å². The number of rotatable bonds is 6. The van der Waals surface area contributed by atoms with Gasteiger partial charge in [0, 0.05) is 11.5 Å². The summed E-state index contributed by atoms with van der Waals surface area (Å²) >= 11 is 1.57. The average Bonchev–Trinajstić information content (AvgIpc) is 2.48. The Balaban J connectivity index is 1.85. The zero-order valence-corrected chi connectivity index (χ0v) is 12.1. The number of hydrogen-bond acceptors (Lipinski definition) is 3. The van der Waals surface area contributed by atoms with E-state index in [9.17, 15) is 9.50 Å². The maximum absolute atomic E-state index is 13.5. The zero-order chi connectivity index (χ0) is 14.4. The van der Waals surface area contributed by atoms with Crippen LogP contribution in [0.25, 0.3) is 0 Å². The molecule has 0 aromatic heterocycles. The van der Waals surface area contributed by atoms with Crippen molar-refractivity contribution in [1.82, 2.24) is 0 Å². The second kappa shape index (κ2) is 7.31. The first kappa shape index (κ1) is 14.9. The highest BCUT2D eigenvalue weighted by atomic mass is 32.2. The van der Waals surface area contributed by atoms with E-state index in [1.807, 2.05) is 36.4 Å². The van der Waals surface area contributed by atoms with Gasteiger partial charge in [0.15, 0.2) is 11.6 Å². The van der Waals surface area contributed by atoms with E-state index in [1.165, 1.54) is 13.2 Å². The van der Waals surface area contributed by atoms with Gasteiger partial charge in [0.25, 0.3) is 0 Å². The number of aliphatic hydroxyl groups excluding tert-OH is 1. The van der Waals surface area contributed by atoms with Crippen LogP contribution in [-0.2, 0) is 5.75 Å². The first-order valence-electron chi connectivity index (χ1n) is 6.34. The van der Waals surface area contributed by atoms with Crippen molar-refractivity contribution in [3.8, 4) is 5.75 Å². The van der Waals surface area contributed by atoms with Crippen LogP contribution in [0.2, 0.25) is 0 Å². The molecule has 2 aromatic rings. The van der Waals surface area contributed by atoms with Crippen LogP contribution >= 0.6 is 11.8 Å². The van der Waals surface area contributed by atoms with E-state index in [2.05, 4.69) is 0 Å². The molecule has 0 bridgehead atoms. The Hall–Kier alpha value is -1.52. The topological polar surface area (TPSA) is 29.5 Å². The van der Waals surface area contributed by atoms with Crippen LogP contribution in [-0.4, -0.2) is 18.0 Å². The number of methoxy groups -OCH3 is 1. The molecule has 0 spiro atoms. The largest absolute Gasteiger partial charge is 0.494 e. The lowest BCUT2D eigenvalue weighted by atomic mass is 10.1. The molecule has 2 nitrogen and oxygen atoms in total. The van der Waals surface area contributed by atoms with Crippen molar-refractivity contribution < 1.29 is 14.2 Å². The number of aliphatic hydroxyl groups is 1. The fourth-order valence-electron chi connectivity index (χ4n) is 1.86. The minimum atomic E-state index is -0.496. The second-order valence-electron chi connectivity index (χ2n) is 4.41. The third-order valence-corrected chi connectivity index (χ3v) is 4.03. The van der Waals surface area contributed by atoms with Crippen LogP contribution in [0, 0.1) is 5.82 Å². The van der Waals surface area contributed by atoms with E-state index in [1.54, 1.807) is 17.8 Å². The molecule has 2 aromatic carbocycles. The maximum atomic E-state index is 13.5. The predicted molar refractivity (Wildman–Crippen MR) is 80.5 cm³/mol. The standard InChI is InChI=1S/C16H17FO2S/c1-19-16-8-7-12(9-14(16)17)10-20-11-15(18)13-5-3-2-4-6-13/h2-9,15,18H,10-11H2,1H3. The molecule has 0 amide bonds. The van der Waals surface area contributed by atoms with Gasteiger partial charge in [0.05, 0.1) is 13.2 Å². The van der Waals surface area contributed by atoms with Crippen LogP contribution in [0.15, 0.2) is 48.5 Å².